The quantitative estimate of drug-likeness (QED) is 0.640. The molecule has 0 spiro atoms. The molecular weight excluding hydrogens is 330 g/mol. The van der Waals surface area contributed by atoms with Crippen molar-refractivity contribution in [1.82, 2.24) is 5.32 Å². The monoisotopic (exact) mass is 353 g/mol. The fraction of sp³-hybridized carbons (Fsp3) is 0.286. The molecule has 0 aliphatic rings. The van der Waals surface area contributed by atoms with Crippen LogP contribution in [0.3, 0.4) is 0 Å². The van der Waals surface area contributed by atoms with Gasteiger partial charge in [-0.3, -0.25) is 14.4 Å². The second-order valence-electron chi connectivity index (χ2n) is 6.38. The molecule has 0 unspecified atom stereocenters. The maximum absolute atomic E-state index is 12.2. The molecule has 0 heterocycles. The van der Waals surface area contributed by atoms with E-state index in [1.165, 1.54) is 0 Å². The topological polar surface area (TPSA) is 72.5 Å². The number of benzene rings is 2. The summed E-state index contributed by atoms with van der Waals surface area (Å²) in [6, 6.07) is 10.9. The first-order chi connectivity index (χ1) is 12.3. The second kappa shape index (κ2) is 8.43. The second-order valence-corrected chi connectivity index (χ2v) is 6.38. The first kappa shape index (κ1) is 19.4. The van der Waals surface area contributed by atoms with Gasteiger partial charge in [0.2, 0.25) is 5.78 Å². The van der Waals surface area contributed by atoms with Crippen molar-refractivity contribution in [3.05, 3.63) is 69.8 Å². The molecule has 0 bridgehead atoms. The summed E-state index contributed by atoms with van der Waals surface area (Å²) >= 11 is 0. The zero-order valence-corrected chi connectivity index (χ0v) is 15.5. The van der Waals surface area contributed by atoms with Gasteiger partial charge in [-0.25, -0.2) is 0 Å². The van der Waals surface area contributed by atoms with E-state index in [-0.39, 0.29) is 24.8 Å². The number of carbonyl (C=O) groups is 3. The van der Waals surface area contributed by atoms with E-state index in [1.807, 2.05) is 45.9 Å². The van der Waals surface area contributed by atoms with Crippen LogP contribution in [0.15, 0.2) is 36.4 Å². The van der Waals surface area contributed by atoms with Gasteiger partial charge in [-0.1, -0.05) is 23.8 Å². The number of carbonyl (C=O) groups excluding carboxylic acids is 3. The average molecular weight is 353 g/mol. The first-order valence-corrected chi connectivity index (χ1v) is 8.39. The Kier molecular flexibility index (Phi) is 6.28. The summed E-state index contributed by atoms with van der Waals surface area (Å²) in [5.74, 6) is -1.27. The van der Waals surface area contributed by atoms with E-state index in [2.05, 4.69) is 5.32 Å². The molecular formula is C21H23NO4. The fourth-order valence-corrected chi connectivity index (χ4v) is 2.45. The highest BCUT2D eigenvalue weighted by Gasteiger charge is 2.14. The van der Waals surface area contributed by atoms with Gasteiger partial charge in [0.05, 0.1) is 0 Å². The SMILES string of the molecule is Cc1ccc(C)c(C(=O)COC(=O)CNC(=O)c2ccc(C)c(C)c2)c1. The summed E-state index contributed by atoms with van der Waals surface area (Å²) in [5.41, 5.74) is 4.90. The largest absolute Gasteiger partial charge is 0.456 e. The van der Waals surface area contributed by atoms with E-state index in [9.17, 15) is 14.4 Å². The van der Waals surface area contributed by atoms with E-state index in [1.54, 1.807) is 18.2 Å². The van der Waals surface area contributed by atoms with Crippen LogP contribution in [0.4, 0.5) is 0 Å². The number of hydrogen-bond acceptors (Lipinski definition) is 4. The van der Waals surface area contributed by atoms with Gasteiger partial charge in [0.25, 0.3) is 5.91 Å². The smallest absolute Gasteiger partial charge is 0.325 e. The fourth-order valence-electron chi connectivity index (χ4n) is 2.45. The van der Waals surface area contributed by atoms with Crippen molar-refractivity contribution in [2.24, 2.45) is 0 Å². The Morgan fingerprint density at radius 1 is 0.885 bits per heavy atom. The molecule has 0 saturated carbocycles. The van der Waals surface area contributed by atoms with Crippen LogP contribution in [0, 0.1) is 27.7 Å². The number of Topliss-reactive ketones (excluding diaryl/α,β-unsaturated/α-hetero) is 1. The number of aryl methyl sites for hydroxylation is 4. The molecule has 0 aliphatic carbocycles. The molecule has 0 atom stereocenters. The number of rotatable bonds is 6. The van der Waals surface area contributed by atoms with E-state index in [4.69, 9.17) is 4.74 Å². The van der Waals surface area contributed by atoms with Crippen molar-refractivity contribution >= 4 is 17.7 Å². The zero-order chi connectivity index (χ0) is 19.3. The Labute approximate surface area is 153 Å². The molecule has 0 radical (unpaired) electrons. The predicted molar refractivity (Wildman–Crippen MR) is 99.5 cm³/mol. The van der Waals surface area contributed by atoms with Gasteiger partial charge in [0.1, 0.15) is 6.54 Å². The number of ether oxygens (including phenoxy) is 1. The molecule has 2 rings (SSSR count). The third-order valence-electron chi connectivity index (χ3n) is 4.22. The Balaban J connectivity index is 1.85. The number of ketones is 1. The molecule has 26 heavy (non-hydrogen) atoms. The lowest BCUT2D eigenvalue weighted by Crippen LogP contribution is -2.31. The van der Waals surface area contributed by atoms with Crippen molar-refractivity contribution in [2.45, 2.75) is 27.7 Å². The van der Waals surface area contributed by atoms with E-state index < -0.39 is 5.97 Å². The van der Waals surface area contributed by atoms with Crippen LogP contribution in [0.1, 0.15) is 43.0 Å². The summed E-state index contributed by atoms with van der Waals surface area (Å²) in [6.07, 6.45) is 0. The standard InChI is InChI=1S/C21H23NO4/c1-13-5-6-15(3)18(9-13)19(23)12-26-20(24)11-22-21(25)17-8-7-14(2)16(4)10-17/h5-10H,11-12H2,1-4H3,(H,22,25). The number of nitrogens with one attached hydrogen (secondary N) is 1. The van der Waals surface area contributed by atoms with Crippen LogP contribution < -0.4 is 5.32 Å². The van der Waals surface area contributed by atoms with Crippen molar-refractivity contribution in [2.75, 3.05) is 13.2 Å². The van der Waals surface area contributed by atoms with E-state index >= 15 is 0 Å². The van der Waals surface area contributed by atoms with Crippen molar-refractivity contribution in [1.29, 1.82) is 0 Å². The molecule has 2 aromatic carbocycles. The van der Waals surface area contributed by atoms with Crippen LogP contribution in [-0.2, 0) is 9.53 Å². The molecule has 1 amide bonds. The Bertz CT molecular complexity index is 855. The van der Waals surface area contributed by atoms with Crippen LogP contribution in [0.25, 0.3) is 0 Å². The number of esters is 1. The third-order valence-corrected chi connectivity index (χ3v) is 4.22. The minimum absolute atomic E-state index is 0.264. The van der Waals surface area contributed by atoms with Gasteiger partial charge in [-0.15, -0.1) is 0 Å². The summed E-state index contributed by atoms with van der Waals surface area (Å²) in [5, 5.41) is 2.50. The summed E-state index contributed by atoms with van der Waals surface area (Å²) < 4.78 is 4.98. The molecule has 0 aromatic heterocycles. The molecule has 0 fully saturated rings. The summed E-state index contributed by atoms with van der Waals surface area (Å²) in [7, 11) is 0. The molecule has 5 heteroatoms. The lowest BCUT2D eigenvalue weighted by Gasteiger charge is -2.09. The lowest BCUT2D eigenvalue weighted by molar-refractivity contribution is -0.141. The molecule has 1 N–H and O–H groups in total. The van der Waals surface area contributed by atoms with Crippen molar-refractivity contribution in [3.63, 3.8) is 0 Å². The number of hydrogen-bond donors (Lipinski definition) is 1. The number of amides is 1. The summed E-state index contributed by atoms with van der Waals surface area (Å²) in [6.45, 7) is 6.97. The minimum Gasteiger partial charge on any atom is -0.456 e. The van der Waals surface area contributed by atoms with Crippen LogP contribution >= 0.6 is 0 Å². The predicted octanol–water partition coefficient (Wildman–Crippen LogP) is 3.08. The normalized spacial score (nSPS) is 10.3. The molecule has 2 aromatic rings. The highest BCUT2D eigenvalue weighted by molar-refractivity contribution is 6.00. The van der Waals surface area contributed by atoms with E-state index in [0.29, 0.717) is 11.1 Å². The lowest BCUT2D eigenvalue weighted by atomic mass is 10.0. The molecule has 136 valence electrons. The van der Waals surface area contributed by atoms with Crippen molar-refractivity contribution < 1.29 is 19.1 Å². The molecule has 0 aliphatic heterocycles. The minimum atomic E-state index is -0.652. The van der Waals surface area contributed by atoms with Gasteiger partial charge in [0, 0.05) is 11.1 Å². The van der Waals surface area contributed by atoms with Gasteiger partial charge in [-0.2, -0.15) is 0 Å². The summed E-state index contributed by atoms with van der Waals surface area (Å²) in [4.78, 5) is 36.1. The average Bonchev–Trinajstić information content (AvgIpc) is 2.61. The highest BCUT2D eigenvalue weighted by Crippen LogP contribution is 2.12. The van der Waals surface area contributed by atoms with E-state index in [0.717, 1.165) is 22.3 Å². The maximum atomic E-state index is 12.2. The first-order valence-electron chi connectivity index (χ1n) is 8.39. The van der Waals surface area contributed by atoms with Gasteiger partial charge in [-0.05, 0) is 62.6 Å². The van der Waals surface area contributed by atoms with Crippen LogP contribution in [0.5, 0.6) is 0 Å². The third kappa shape index (κ3) is 5.02. The molecule has 0 saturated heterocycles. The zero-order valence-electron chi connectivity index (χ0n) is 15.5. The highest BCUT2D eigenvalue weighted by atomic mass is 16.5. The van der Waals surface area contributed by atoms with Gasteiger partial charge >= 0.3 is 5.97 Å². The Morgan fingerprint density at radius 3 is 2.27 bits per heavy atom. The Hall–Kier alpha value is -2.95. The van der Waals surface area contributed by atoms with Crippen LogP contribution in [0.2, 0.25) is 0 Å². The van der Waals surface area contributed by atoms with Gasteiger partial charge < -0.3 is 10.1 Å². The Morgan fingerprint density at radius 2 is 1.58 bits per heavy atom. The van der Waals surface area contributed by atoms with Crippen LogP contribution in [-0.4, -0.2) is 30.8 Å². The van der Waals surface area contributed by atoms with Crippen molar-refractivity contribution in [3.8, 4) is 0 Å². The molecule has 5 nitrogen and oxygen atoms in total. The maximum Gasteiger partial charge on any atom is 0.325 e. The van der Waals surface area contributed by atoms with Gasteiger partial charge in [0.15, 0.2) is 6.61 Å².